The molecule has 1 aromatic carbocycles. The first-order valence-electron chi connectivity index (χ1n) is 9.54. The number of ether oxygens (including phenoxy) is 1. The maximum Gasteiger partial charge on any atom is 0.228 e. The van der Waals surface area contributed by atoms with Crippen LogP contribution in [-0.4, -0.2) is 24.0 Å². The fraction of sp³-hybridized carbons (Fsp3) is 0.429. The van der Waals surface area contributed by atoms with Crippen LogP contribution in [0.1, 0.15) is 31.2 Å². The molecule has 1 aliphatic heterocycles. The highest BCUT2D eigenvalue weighted by Crippen LogP contribution is 2.44. The van der Waals surface area contributed by atoms with Crippen LogP contribution in [0.3, 0.4) is 0 Å². The molecule has 1 saturated heterocycles. The summed E-state index contributed by atoms with van der Waals surface area (Å²) >= 11 is 0. The first-order valence-corrected chi connectivity index (χ1v) is 9.54. The van der Waals surface area contributed by atoms with Gasteiger partial charge < -0.3 is 15.4 Å². The number of halogens is 1. The van der Waals surface area contributed by atoms with E-state index < -0.39 is 0 Å². The van der Waals surface area contributed by atoms with Gasteiger partial charge in [0.05, 0.1) is 5.41 Å². The van der Waals surface area contributed by atoms with E-state index in [1.165, 1.54) is 18.6 Å². The Kier molecular flexibility index (Phi) is 5.07. The third kappa shape index (κ3) is 3.67. The number of nitrogens with one attached hydrogen (secondary N) is 2. The predicted octanol–water partition coefficient (Wildman–Crippen LogP) is 3.41. The van der Waals surface area contributed by atoms with Crippen LogP contribution in [0.2, 0.25) is 0 Å². The molecule has 0 spiro atoms. The van der Waals surface area contributed by atoms with E-state index in [1.54, 1.807) is 24.4 Å². The lowest BCUT2D eigenvalue weighted by molar-refractivity contribution is -0.134. The summed E-state index contributed by atoms with van der Waals surface area (Å²) in [6.45, 7) is 2.02. The number of carbonyl (C=O) groups is 1. The molecule has 6 heteroatoms. The Morgan fingerprint density at radius 2 is 2.26 bits per heavy atom. The highest BCUT2D eigenvalue weighted by molar-refractivity contribution is 5.84. The molecule has 2 N–H and O–H groups in total. The minimum absolute atomic E-state index is 0.109. The monoisotopic (exact) mass is 369 g/mol. The number of aromatic nitrogens is 1. The number of pyridine rings is 1. The summed E-state index contributed by atoms with van der Waals surface area (Å²) in [6.07, 6.45) is 5.98. The van der Waals surface area contributed by atoms with E-state index >= 15 is 0 Å². The molecule has 142 valence electrons. The summed E-state index contributed by atoms with van der Waals surface area (Å²) in [6, 6.07) is 9.61. The first kappa shape index (κ1) is 17.9. The molecule has 1 saturated carbocycles. The van der Waals surface area contributed by atoms with Crippen LogP contribution in [0, 0.1) is 17.2 Å². The van der Waals surface area contributed by atoms with Gasteiger partial charge >= 0.3 is 0 Å². The van der Waals surface area contributed by atoms with Gasteiger partial charge in [0.25, 0.3) is 0 Å². The van der Waals surface area contributed by atoms with Crippen molar-refractivity contribution in [1.82, 2.24) is 15.6 Å². The quantitative estimate of drug-likeness (QED) is 0.848. The van der Waals surface area contributed by atoms with Gasteiger partial charge in [-0.2, -0.15) is 0 Å². The van der Waals surface area contributed by atoms with E-state index in [-0.39, 0.29) is 17.1 Å². The summed E-state index contributed by atoms with van der Waals surface area (Å²) in [5.74, 6) is 0.924. The Labute approximate surface area is 158 Å². The zero-order valence-corrected chi connectivity index (χ0v) is 15.2. The van der Waals surface area contributed by atoms with E-state index in [0.717, 1.165) is 37.9 Å². The molecule has 2 atom stereocenters. The molecular formula is C21H24FN3O2. The average molecular weight is 369 g/mol. The molecule has 0 bridgehead atoms. The SMILES string of the molecule is O=C(NCc1cccnc1Oc1cccc(F)c1)[C@@]12CCCC[C@H]1CNC2. The standard InChI is InChI=1S/C21H24FN3O2/c22-17-7-3-8-18(11-17)27-19-15(5-4-10-24-19)12-25-20(26)21-9-2-1-6-16(21)13-23-14-21/h3-5,7-8,10-11,16,23H,1-2,6,9,12-14H2,(H,25,26)/t16-,21+/m0/s1. The summed E-state index contributed by atoms with van der Waals surface area (Å²) in [5.41, 5.74) is 0.481. The van der Waals surface area contributed by atoms with Crippen molar-refractivity contribution in [3.63, 3.8) is 0 Å². The molecule has 2 heterocycles. The van der Waals surface area contributed by atoms with Gasteiger partial charge in [-0.05, 0) is 43.5 Å². The zero-order valence-electron chi connectivity index (χ0n) is 15.2. The maximum atomic E-state index is 13.4. The summed E-state index contributed by atoms with van der Waals surface area (Å²) in [4.78, 5) is 17.3. The van der Waals surface area contributed by atoms with E-state index in [1.807, 2.05) is 6.07 Å². The van der Waals surface area contributed by atoms with Gasteiger partial charge in [0.15, 0.2) is 0 Å². The second-order valence-corrected chi connectivity index (χ2v) is 7.44. The van der Waals surface area contributed by atoms with E-state index in [2.05, 4.69) is 15.6 Å². The molecule has 0 radical (unpaired) electrons. The summed E-state index contributed by atoms with van der Waals surface area (Å²) in [5, 5.41) is 6.50. The molecule has 2 aromatic rings. The minimum Gasteiger partial charge on any atom is -0.439 e. The minimum atomic E-state index is -0.366. The van der Waals surface area contributed by atoms with Crippen LogP contribution >= 0.6 is 0 Å². The van der Waals surface area contributed by atoms with Gasteiger partial charge in [0.1, 0.15) is 11.6 Å². The Bertz CT molecular complexity index is 829. The molecule has 4 rings (SSSR count). The lowest BCUT2D eigenvalue weighted by Crippen LogP contribution is -2.47. The highest BCUT2D eigenvalue weighted by atomic mass is 19.1. The number of hydrogen-bond acceptors (Lipinski definition) is 4. The summed E-state index contributed by atoms with van der Waals surface area (Å²) in [7, 11) is 0. The Hall–Kier alpha value is -2.47. The normalized spacial score (nSPS) is 24.3. The fourth-order valence-electron chi connectivity index (χ4n) is 4.33. The van der Waals surface area contributed by atoms with Crippen LogP contribution in [0.5, 0.6) is 11.6 Å². The summed E-state index contributed by atoms with van der Waals surface area (Å²) < 4.78 is 19.1. The second kappa shape index (κ2) is 7.64. The van der Waals surface area contributed by atoms with Crippen molar-refractivity contribution < 1.29 is 13.9 Å². The van der Waals surface area contributed by atoms with E-state index in [4.69, 9.17) is 4.74 Å². The Morgan fingerprint density at radius 3 is 3.15 bits per heavy atom. The van der Waals surface area contributed by atoms with Crippen molar-refractivity contribution in [2.75, 3.05) is 13.1 Å². The van der Waals surface area contributed by atoms with E-state index in [9.17, 15) is 9.18 Å². The van der Waals surface area contributed by atoms with Gasteiger partial charge in [-0.15, -0.1) is 0 Å². The lowest BCUT2D eigenvalue weighted by atomic mass is 9.67. The van der Waals surface area contributed by atoms with Crippen LogP contribution in [-0.2, 0) is 11.3 Å². The predicted molar refractivity (Wildman–Crippen MR) is 99.8 cm³/mol. The van der Waals surface area contributed by atoms with Crippen molar-refractivity contribution in [3.05, 3.63) is 54.0 Å². The lowest BCUT2D eigenvalue weighted by Gasteiger charge is -2.37. The van der Waals surface area contributed by atoms with Crippen LogP contribution < -0.4 is 15.4 Å². The second-order valence-electron chi connectivity index (χ2n) is 7.44. The average Bonchev–Trinajstić information content (AvgIpc) is 3.12. The van der Waals surface area contributed by atoms with Crippen LogP contribution in [0.25, 0.3) is 0 Å². The number of fused-ring (bicyclic) bond motifs is 1. The van der Waals surface area contributed by atoms with Gasteiger partial charge in [0, 0.05) is 30.9 Å². The number of benzene rings is 1. The maximum absolute atomic E-state index is 13.4. The molecule has 1 amide bonds. The zero-order chi connectivity index (χ0) is 18.7. The molecule has 0 unspecified atom stereocenters. The first-order chi connectivity index (χ1) is 13.2. The molecule has 27 heavy (non-hydrogen) atoms. The number of hydrogen-bond donors (Lipinski definition) is 2. The number of rotatable bonds is 5. The van der Waals surface area contributed by atoms with Gasteiger partial charge in [-0.3, -0.25) is 4.79 Å². The van der Waals surface area contributed by atoms with Crippen molar-refractivity contribution >= 4 is 5.91 Å². The number of carbonyl (C=O) groups excluding carboxylic acids is 1. The van der Waals surface area contributed by atoms with Crippen molar-refractivity contribution in [2.24, 2.45) is 11.3 Å². The van der Waals surface area contributed by atoms with Crippen molar-refractivity contribution in [2.45, 2.75) is 32.2 Å². The van der Waals surface area contributed by atoms with E-state index in [0.29, 0.717) is 24.1 Å². The number of nitrogens with zero attached hydrogens (tertiary/aromatic N) is 1. The fourth-order valence-corrected chi connectivity index (χ4v) is 4.33. The van der Waals surface area contributed by atoms with Gasteiger partial charge in [-0.25, -0.2) is 9.37 Å². The molecule has 2 fully saturated rings. The largest absolute Gasteiger partial charge is 0.439 e. The third-order valence-corrected chi connectivity index (χ3v) is 5.79. The van der Waals surface area contributed by atoms with Gasteiger partial charge in [0.2, 0.25) is 11.8 Å². The Morgan fingerprint density at radius 1 is 1.33 bits per heavy atom. The van der Waals surface area contributed by atoms with Crippen molar-refractivity contribution in [3.8, 4) is 11.6 Å². The molecule has 1 aromatic heterocycles. The molecule has 1 aliphatic carbocycles. The highest BCUT2D eigenvalue weighted by Gasteiger charge is 2.49. The third-order valence-electron chi connectivity index (χ3n) is 5.79. The molecule has 5 nitrogen and oxygen atoms in total. The number of amides is 1. The van der Waals surface area contributed by atoms with Crippen molar-refractivity contribution in [1.29, 1.82) is 0 Å². The van der Waals surface area contributed by atoms with Gasteiger partial charge in [-0.1, -0.05) is 25.0 Å². The Balaban J connectivity index is 1.46. The smallest absolute Gasteiger partial charge is 0.228 e. The van der Waals surface area contributed by atoms with Crippen LogP contribution in [0.4, 0.5) is 4.39 Å². The molecule has 2 aliphatic rings. The molecular weight excluding hydrogens is 345 g/mol. The topological polar surface area (TPSA) is 63.2 Å². The van der Waals surface area contributed by atoms with Crippen LogP contribution in [0.15, 0.2) is 42.6 Å².